The van der Waals surface area contributed by atoms with Crippen LogP contribution in [0.1, 0.15) is 264 Å². The van der Waals surface area contributed by atoms with Gasteiger partial charge >= 0.3 is 11.9 Å². The number of rotatable bonds is 53. The molecule has 0 heterocycles. The molecular weight excluding hydrogens is 804 g/mol. The molecule has 0 bridgehead atoms. The SMILES string of the molecule is CCCCC/C=C\CCOC(=O)CCCCCCCCCN(CCCl)CCCCCCCCCC(=O)OCCCCCCCCCCN(CCO)CCCCCCCCCCCC. The molecule has 0 amide bonds. The predicted octanol–water partition coefficient (Wildman–Crippen LogP) is 15.7. The molecule has 8 heteroatoms. The van der Waals surface area contributed by atoms with E-state index in [1.165, 1.54) is 186 Å². The van der Waals surface area contributed by atoms with E-state index in [2.05, 4.69) is 35.8 Å². The van der Waals surface area contributed by atoms with Crippen molar-refractivity contribution in [3.8, 4) is 0 Å². The van der Waals surface area contributed by atoms with Crippen molar-refractivity contribution >= 4 is 23.5 Å². The third-order valence-corrected chi connectivity index (χ3v) is 12.8. The zero-order valence-electron chi connectivity index (χ0n) is 42.2. The Hall–Kier alpha value is -1.15. The molecule has 0 spiro atoms. The van der Waals surface area contributed by atoms with Crippen LogP contribution in [0.15, 0.2) is 12.2 Å². The van der Waals surface area contributed by atoms with Gasteiger partial charge in [-0.2, -0.15) is 0 Å². The van der Waals surface area contributed by atoms with E-state index in [9.17, 15) is 14.7 Å². The molecule has 0 aliphatic heterocycles. The molecule has 1 N–H and O–H groups in total. The largest absolute Gasteiger partial charge is 0.466 e. The molecule has 0 radical (unpaired) electrons. The Balaban J connectivity index is 3.56. The fourth-order valence-corrected chi connectivity index (χ4v) is 8.79. The van der Waals surface area contributed by atoms with Crippen LogP contribution in [0.4, 0.5) is 0 Å². The lowest BCUT2D eigenvalue weighted by atomic mass is 10.1. The van der Waals surface area contributed by atoms with Gasteiger partial charge in [-0.15, -0.1) is 11.6 Å². The number of halogens is 1. The molecule has 0 atom stereocenters. The van der Waals surface area contributed by atoms with Gasteiger partial charge in [0.05, 0.1) is 19.8 Å². The van der Waals surface area contributed by atoms with Crippen LogP contribution >= 0.6 is 11.6 Å². The molecule has 0 aromatic carbocycles. The summed E-state index contributed by atoms with van der Waals surface area (Å²) in [5.41, 5.74) is 0. The van der Waals surface area contributed by atoms with Crippen molar-refractivity contribution in [1.29, 1.82) is 0 Å². The summed E-state index contributed by atoms with van der Waals surface area (Å²) in [6.07, 6.45) is 51.4. The zero-order valence-corrected chi connectivity index (χ0v) is 42.9. The number of hydrogen-bond donors (Lipinski definition) is 1. The number of aliphatic hydroxyl groups excluding tert-OH is 1. The summed E-state index contributed by atoms with van der Waals surface area (Å²) < 4.78 is 10.9. The van der Waals surface area contributed by atoms with E-state index in [4.69, 9.17) is 21.1 Å². The highest BCUT2D eigenvalue weighted by molar-refractivity contribution is 6.18. The summed E-state index contributed by atoms with van der Waals surface area (Å²) >= 11 is 6.12. The quantitative estimate of drug-likeness (QED) is 0.0282. The molecular formula is C55H107ClN2O5. The molecule has 0 aliphatic carbocycles. The number of aliphatic hydroxyl groups is 1. The van der Waals surface area contributed by atoms with E-state index in [1.54, 1.807) is 0 Å². The maximum atomic E-state index is 12.2. The van der Waals surface area contributed by atoms with Gasteiger partial charge in [0.15, 0.2) is 0 Å². The van der Waals surface area contributed by atoms with E-state index in [0.29, 0.717) is 31.9 Å². The fourth-order valence-electron chi connectivity index (χ4n) is 8.55. The second-order valence-electron chi connectivity index (χ2n) is 18.8. The second kappa shape index (κ2) is 53.5. The zero-order chi connectivity index (χ0) is 45.8. The average Bonchev–Trinajstić information content (AvgIpc) is 3.28. The monoisotopic (exact) mass is 911 g/mol. The number of carbonyl (C=O) groups is 2. The lowest BCUT2D eigenvalue weighted by molar-refractivity contribution is -0.144. The second-order valence-corrected chi connectivity index (χ2v) is 19.1. The van der Waals surface area contributed by atoms with Crippen LogP contribution in [-0.2, 0) is 19.1 Å². The minimum Gasteiger partial charge on any atom is -0.466 e. The Morgan fingerprint density at radius 3 is 1.14 bits per heavy atom. The van der Waals surface area contributed by atoms with E-state index in [1.807, 2.05) is 0 Å². The van der Waals surface area contributed by atoms with Crippen molar-refractivity contribution in [2.75, 3.05) is 65.0 Å². The highest BCUT2D eigenvalue weighted by Crippen LogP contribution is 2.15. The molecule has 0 fully saturated rings. The highest BCUT2D eigenvalue weighted by atomic mass is 35.5. The molecule has 7 nitrogen and oxygen atoms in total. The van der Waals surface area contributed by atoms with E-state index >= 15 is 0 Å². The number of allylic oxidation sites excluding steroid dienone is 1. The lowest BCUT2D eigenvalue weighted by Gasteiger charge is -2.21. The third-order valence-electron chi connectivity index (χ3n) is 12.7. The molecule has 0 unspecified atom stereocenters. The number of hydrogen-bond acceptors (Lipinski definition) is 7. The Bertz CT molecular complexity index is 952. The smallest absolute Gasteiger partial charge is 0.305 e. The van der Waals surface area contributed by atoms with Crippen molar-refractivity contribution in [3.63, 3.8) is 0 Å². The maximum Gasteiger partial charge on any atom is 0.305 e. The number of alkyl halides is 1. The summed E-state index contributed by atoms with van der Waals surface area (Å²) in [4.78, 5) is 29.2. The first-order chi connectivity index (χ1) is 31.1. The number of unbranched alkanes of at least 4 members (excludes halogenated alkanes) is 31. The van der Waals surface area contributed by atoms with Gasteiger partial charge in [0, 0.05) is 31.8 Å². The summed E-state index contributed by atoms with van der Waals surface area (Å²) in [5.74, 6) is 0.646. The van der Waals surface area contributed by atoms with E-state index in [-0.39, 0.29) is 18.5 Å². The molecule has 0 saturated carbocycles. The van der Waals surface area contributed by atoms with Crippen LogP contribution in [0.2, 0.25) is 0 Å². The van der Waals surface area contributed by atoms with Crippen molar-refractivity contribution in [3.05, 3.63) is 12.2 Å². The standard InChI is InChI=1S/C55H107ClN2O5/c1-3-5-7-9-11-12-13-20-30-38-47-58(50-51-59)48-39-31-21-14-15-25-33-41-53-63-55(61)43-35-27-19-17-23-29-37-46-57(49-44-56)45-36-28-22-16-18-26-34-42-54(60)62-52-40-32-24-10-8-6-4-2/h24,32,59H,3-23,25-31,33-53H2,1-2H3/b32-24-. The molecule has 0 aromatic heterocycles. The third kappa shape index (κ3) is 50.1. The van der Waals surface area contributed by atoms with Crippen molar-refractivity contribution < 1.29 is 24.2 Å². The Labute approximate surface area is 397 Å². The molecule has 0 aromatic rings. The number of nitrogens with zero attached hydrogens (tertiary/aromatic N) is 2. The summed E-state index contributed by atoms with van der Waals surface area (Å²) in [5, 5.41) is 9.49. The first-order valence-electron chi connectivity index (χ1n) is 27.6. The van der Waals surface area contributed by atoms with E-state index < -0.39 is 0 Å². The fraction of sp³-hybridized carbons (Fsp3) is 0.927. The molecule has 374 valence electrons. The number of esters is 2. The van der Waals surface area contributed by atoms with Crippen molar-refractivity contribution in [2.45, 2.75) is 264 Å². The van der Waals surface area contributed by atoms with Gasteiger partial charge in [-0.1, -0.05) is 199 Å². The lowest BCUT2D eigenvalue weighted by Crippen LogP contribution is -2.29. The highest BCUT2D eigenvalue weighted by Gasteiger charge is 2.07. The normalized spacial score (nSPS) is 11.8. The minimum atomic E-state index is -0.0416. The summed E-state index contributed by atoms with van der Waals surface area (Å²) in [7, 11) is 0. The van der Waals surface area contributed by atoms with Gasteiger partial charge in [-0.3, -0.25) is 9.59 Å². The first-order valence-corrected chi connectivity index (χ1v) is 28.2. The van der Waals surface area contributed by atoms with Gasteiger partial charge in [-0.25, -0.2) is 0 Å². The van der Waals surface area contributed by atoms with Crippen LogP contribution in [-0.4, -0.2) is 91.8 Å². The van der Waals surface area contributed by atoms with Crippen LogP contribution in [0.25, 0.3) is 0 Å². The van der Waals surface area contributed by atoms with Gasteiger partial charge in [0.25, 0.3) is 0 Å². The van der Waals surface area contributed by atoms with Crippen LogP contribution in [0.3, 0.4) is 0 Å². The number of carbonyl (C=O) groups excluding carboxylic acids is 2. The predicted molar refractivity (Wildman–Crippen MR) is 273 cm³/mol. The number of ether oxygens (including phenoxy) is 2. The summed E-state index contributed by atoms with van der Waals surface area (Å²) in [6, 6.07) is 0. The Morgan fingerprint density at radius 2 is 0.730 bits per heavy atom. The molecule has 63 heavy (non-hydrogen) atoms. The van der Waals surface area contributed by atoms with E-state index in [0.717, 1.165) is 90.6 Å². The van der Waals surface area contributed by atoms with Crippen LogP contribution < -0.4 is 0 Å². The average molecular weight is 912 g/mol. The molecule has 0 aliphatic rings. The first kappa shape index (κ1) is 61.9. The van der Waals surface area contributed by atoms with Gasteiger partial charge in [-0.05, 0) is 90.4 Å². The van der Waals surface area contributed by atoms with Crippen LogP contribution in [0, 0.1) is 0 Å². The Kier molecular flexibility index (Phi) is 52.5. The van der Waals surface area contributed by atoms with Gasteiger partial charge in [0.2, 0.25) is 0 Å². The van der Waals surface area contributed by atoms with Gasteiger partial charge < -0.3 is 24.4 Å². The van der Waals surface area contributed by atoms with Gasteiger partial charge in [0.1, 0.15) is 0 Å². The minimum absolute atomic E-state index is 0.0147. The molecule has 0 rings (SSSR count). The summed E-state index contributed by atoms with van der Waals surface area (Å²) in [6.45, 7) is 12.2. The van der Waals surface area contributed by atoms with Crippen LogP contribution in [0.5, 0.6) is 0 Å². The molecule has 0 saturated heterocycles. The Morgan fingerprint density at radius 1 is 0.397 bits per heavy atom. The maximum absolute atomic E-state index is 12.2. The topological polar surface area (TPSA) is 79.3 Å². The van der Waals surface area contributed by atoms with Crippen molar-refractivity contribution in [1.82, 2.24) is 9.80 Å². The van der Waals surface area contributed by atoms with Crippen molar-refractivity contribution in [2.24, 2.45) is 0 Å².